The molecule has 0 aliphatic heterocycles. The molecule has 1 aromatic rings. The zero-order valence-electron chi connectivity index (χ0n) is 11.4. The summed E-state index contributed by atoms with van der Waals surface area (Å²) in [4.78, 5) is -0.285. The van der Waals surface area contributed by atoms with E-state index in [1.54, 1.807) is 13.0 Å². The number of rotatable bonds is 6. The Labute approximate surface area is 113 Å². The Morgan fingerprint density at radius 3 is 2.47 bits per heavy atom. The van der Waals surface area contributed by atoms with Gasteiger partial charge in [-0.1, -0.05) is 6.07 Å². The van der Waals surface area contributed by atoms with Crippen LogP contribution in [0.1, 0.15) is 31.9 Å². The monoisotopic (exact) mass is 289 g/mol. The molecule has 6 heteroatoms. The van der Waals surface area contributed by atoms with Crippen molar-refractivity contribution in [3.8, 4) is 0 Å². The highest BCUT2D eigenvalue weighted by molar-refractivity contribution is 7.90. The van der Waals surface area contributed by atoms with Gasteiger partial charge in [-0.3, -0.25) is 0 Å². The van der Waals surface area contributed by atoms with E-state index in [1.165, 1.54) is 12.1 Å². The van der Waals surface area contributed by atoms with Gasteiger partial charge in [-0.25, -0.2) is 12.8 Å². The van der Waals surface area contributed by atoms with E-state index in [2.05, 4.69) is 5.32 Å². The molecule has 0 bridgehead atoms. The average Bonchev–Trinajstić information content (AvgIpc) is 2.26. The molecule has 0 spiro atoms. The summed E-state index contributed by atoms with van der Waals surface area (Å²) in [7, 11) is -3.53. The minimum atomic E-state index is -3.53. The van der Waals surface area contributed by atoms with Crippen LogP contribution in [0.2, 0.25) is 0 Å². The van der Waals surface area contributed by atoms with Gasteiger partial charge in [0.05, 0.1) is 6.10 Å². The van der Waals surface area contributed by atoms with Gasteiger partial charge in [0.2, 0.25) is 0 Å². The van der Waals surface area contributed by atoms with Gasteiger partial charge in [-0.15, -0.1) is 0 Å². The molecule has 0 heterocycles. The number of nitrogens with one attached hydrogen (secondary N) is 1. The molecule has 0 aliphatic carbocycles. The smallest absolute Gasteiger partial charge is 0.178 e. The van der Waals surface area contributed by atoms with E-state index >= 15 is 0 Å². The Bertz CT molecular complexity index is 529. The second kappa shape index (κ2) is 6.45. The average molecular weight is 289 g/mol. The summed E-state index contributed by atoms with van der Waals surface area (Å²) in [5, 5.41) is 12.3. The Hall–Kier alpha value is -0.980. The highest BCUT2D eigenvalue weighted by Gasteiger charge is 2.15. The highest BCUT2D eigenvalue weighted by atomic mass is 32.2. The fourth-order valence-electron chi connectivity index (χ4n) is 1.71. The van der Waals surface area contributed by atoms with E-state index in [0.717, 1.165) is 6.26 Å². The van der Waals surface area contributed by atoms with Gasteiger partial charge >= 0.3 is 0 Å². The lowest BCUT2D eigenvalue weighted by Gasteiger charge is -2.15. The number of aliphatic hydroxyl groups is 1. The zero-order valence-corrected chi connectivity index (χ0v) is 12.2. The van der Waals surface area contributed by atoms with Gasteiger partial charge in [0, 0.05) is 12.3 Å². The van der Waals surface area contributed by atoms with Crippen LogP contribution in [0.5, 0.6) is 0 Å². The molecule has 19 heavy (non-hydrogen) atoms. The summed E-state index contributed by atoms with van der Waals surface area (Å²) in [6.07, 6.45) is 1.20. The Morgan fingerprint density at radius 2 is 2.00 bits per heavy atom. The molecule has 2 unspecified atom stereocenters. The number of halogens is 1. The van der Waals surface area contributed by atoms with Crippen molar-refractivity contribution in [1.29, 1.82) is 0 Å². The molecular formula is C13H20FNO3S. The number of hydrogen-bond acceptors (Lipinski definition) is 4. The first-order chi connectivity index (χ1) is 8.71. The maximum Gasteiger partial charge on any atom is 0.178 e. The normalized spacial score (nSPS) is 15.2. The minimum Gasteiger partial charge on any atom is -0.393 e. The van der Waals surface area contributed by atoms with Crippen LogP contribution in [0, 0.1) is 5.82 Å². The van der Waals surface area contributed by atoms with Crippen LogP contribution < -0.4 is 5.32 Å². The van der Waals surface area contributed by atoms with Crippen molar-refractivity contribution in [2.75, 3.05) is 12.8 Å². The lowest BCUT2D eigenvalue weighted by molar-refractivity contribution is 0.182. The molecule has 1 rings (SSSR count). The molecule has 0 fully saturated rings. The van der Waals surface area contributed by atoms with Crippen molar-refractivity contribution in [3.63, 3.8) is 0 Å². The second-order valence-corrected chi connectivity index (χ2v) is 6.76. The molecule has 0 aromatic heterocycles. The quantitative estimate of drug-likeness (QED) is 0.835. The van der Waals surface area contributed by atoms with Crippen LogP contribution >= 0.6 is 0 Å². The predicted octanol–water partition coefficient (Wildman–Crippen LogP) is 1.65. The Morgan fingerprint density at radius 1 is 1.37 bits per heavy atom. The fourth-order valence-corrected chi connectivity index (χ4v) is 2.44. The van der Waals surface area contributed by atoms with E-state index in [1.807, 2.05) is 6.92 Å². The van der Waals surface area contributed by atoms with Gasteiger partial charge in [0.1, 0.15) is 10.7 Å². The maximum atomic E-state index is 13.7. The van der Waals surface area contributed by atoms with Crippen molar-refractivity contribution in [3.05, 3.63) is 29.6 Å². The van der Waals surface area contributed by atoms with Gasteiger partial charge in [0.25, 0.3) is 0 Å². The molecular weight excluding hydrogens is 269 g/mol. The zero-order chi connectivity index (χ0) is 14.6. The van der Waals surface area contributed by atoms with E-state index in [9.17, 15) is 12.8 Å². The lowest BCUT2D eigenvalue weighted by Crippen LogP contribution is -2.22. The molecule has 2 N–H and O–H groups in total. The van der Waals surface area contributed by atoms with E-state index in [4.69, 9.17) is 5.11 Å². The summed E-state index contributed by atoms with van der Waals surface area (Å²) in [5.41, 5.74) is 0.676. The van der Waals surface area contributed by atoms with Gasteiger partial charge in [0.15, 0.2) is 9.84 Å². The van der Waals surface area contributed by atoms with Crippen LogP contribution in [-0.4, -0.2) is 32.4 Å². The largest absolute Gasteiger partial charge is 0.393 e. The molecule has 4 nitrogen and oxygen atoms in total. The van der Waals surface area contributed by atoms with Crippen molar-refractivity contribution in [2.24, 2.45) is 0 Å². The topological polar surface area (TPSA) is 66.4 Å². The number of benzene rings is 1. The SMILES string of the molecule is CC(O)CCNC(C)c1ccc(S(C)(=O)=O)c(F)c1. The molecule has 0 aliphatic rings. The first-order valence-corrected chi connectivity index (χ1v) is 8.02. The molecule has 2 atom stereocenters. The molecule has 0 saturated heterocycles. The summed E-state index contributed by atoms with van der Waals surface area (Å²) >= 11 is 0. The fraction of sp³-hybridized carbons (Fsp3) is 0.538. The maximum absolute atomic E-state index is 13.7. The van der Waals surface area contributed by atoms with Crippen molar-refractivity contribution < 1.29 is 17.9 Å². The third-order valence-corrected chi connectivity index (χ3v) is 4.00. The first-order valence-electron chi connectivity index (χ1n) is 6.12. The highest BCUT2D eigenvalue weighted by Crippen LogP contribution is 2.20. The summed E-state index contributed by atoms with van der Waals surface area (Å²) in [6.45, 7) is 4.16. The molecule has 0 saturated carbocycles. The number of sulfone groups is 1. The standard InChI is InChI=1S/C13H20FNO3S/c1-9(16)6-7-15-10(2)11-4-5-13(12(14)8-11)19(3,17)18/h4-5,8-10,15-16H,6-7H2,1-3H3. The second-order valence-electron chi connectivity index (χ2n) is 4.78. The van der Waals surface area contributed by atoms with Gasteiger partial charge in [-0.05, 0) is 44.5 Å². The van der Waals surface area contributed by atoms with E-state index in [-0.39, 0.29) is 17.0 Å². The number of hydrogen-bond donors (Lipinski definition) is 2. The van der Waals surface area contributed by atoms with E-state index < -0.39 is 15.7 Å². The van der Waals surface area contributed by atoms with Crippen LogP contribution in [0.15, 0.2) is 23.1 Å². The van der Waals surface area contributed by atoms with Crippen LogP contribution in [0.4, 0.5) is 4.39 Å². The predicted molar refractivity (Wildman–Crippen MR) is 72.2 cm³/mol. The van der Waals surface area contributed by atoms with Gasteiger partial charge < -0.3 is 10.4 Å². The van der Waals surface area contributed by atoms with Crippen molar-refractivity contribution >= 4 is 9.84 Å². The van der Waals surface area contributed by atoms with Crippen LogP contribution in [0.25, 0.3) is 0 Å². The molecule has 0 amide bonds. The van der Waals surface area contributed by atoms with Crippen molar-refractivity contribution in [1.82, 2.24) is 5.32 Å². The van der Waals surface area contributed by atoms with Crippen LogP contribution in [0.3, 0.4) is 0 Å². The van der Waals surface area contributed by atoms with E-state index in [0.29, 0.717) is 18.5 Å². The third kappa shape index (κ3) is 4.89. The number of aliphatic hydroxyl groups excluding tert-OH is 1. The third-order valence-electron chi connectivity index (χ3n) is 2.87. The minimum absolute atomic E-state index is 0.109. The Balaban J connectivity index is 2.78. The summed E-state index contributed by atoms with van der Waals surface area (Å²) in [5.74, 6) is -0.732. The molecule has 1 aromatic carbocycles. The van der Waals surface area contributed by atoms with Crippen LogP contribution in [-0.2, 0) is 9.84 Å². The summed E-state index contributed by atoms with van der Waals surface area (Å²) < 4.78 is 36.3. The Kier molecular flexibility index (Phi) is 5.46. The first kappa shape index (κ1) is 16.1. The lowest BCUT2D eigenvalue weighted by atomic mass is 10.1. The van der Waals surface area contributed by atoms with Gasteiger partial charge in [-0.2, -0.15) is 0 Å². The van der Waals surface area contributed by atoms with Crippen molar-refractivity contribution in [2.45, 2.75) is 37.3 Å². The summed E-state index contributed by atoms with van der Waals surface area (Å²) in [6, 6.07) is 4.00. The molecule has 0 radical (unpaired) electrons. The molecule has 108 valence electrons.